The molecule has 1 saturated heterocycles. The van der Waals surface area contributed by atoms with Gasteiger partial charge in [-0.05, 0) is 57.1 Å². The number of nitrogens with zero attached hydrogens (tertiary/aromatic N) is 4. The number of likely N-dealkylation sites (N-methyl/N-ethyl adjacent to an activating group) is 3. The third-order valence-electron chi connectivity index (χ3n) is 7.07. The Hall–Kier alpha value is -1.14. The van der Waals surface area contributed by atoms with E-state index in [9.17, 15) is 0 Å². The van der Waals surface area contributed by atoms with Crippen LogP contribution in [0.4, 0.5) is 5.69 Å². The minimum Gasteiger partial charge on any atom is -0.399 e. The highest BCUT2D eigenvalue weighted by molar-refractivity contribution is 5.39. The lowest BCUT2D eigenvalue weighted by Crippen LogP contribution is -2.52. The quantitative estimate of drug-likeness (QED) is 0.632. The van der Waals surface area contributed by atoms with Crippen LogP contribution in [0.15, 0.2) is 24.3 Å². The van der Waals surface area contributed by atoms with Crippen molar-refractivity contribution in [1.82, 2.24) is 19.6 Å². The number of benzene rings is 1. The largest absolute Gasteiger partial charge is 0.399 e. The summed E-state index contributed by atoms with van der Waals surface area (Å²) in [5, 5.41) is 0. The van der Waals surface area contributed by atoms with Gasteiger partial charge in [0.15, 0.2) is 0 Å². The second kappa shape index (κ2) is 16.5. The molecular weight excluding hydrogens is 394 g/mol. The molecule has 0 spiro atoms. The van der Waals surface area contributed by atoms with Crippen molar-refractivity contribution in [1.29, 1.82) is 0 Å². The van der Waals surface area contributed by atoms with E-state index in [1.54, 1.807) is 0 Å². The van der Waals surface area contributed by atoms with Gasteiger partial charge in [0, 0.05) is 63.6 Å². The molecule has 32 heavy (non-hydrogen) atoms. The lowest BCUT2D eigenvalue weighted by atomic mass is 10.0. The summed E-state index contributed by atoms with van der Waals surface area (Å²) in [6.07, 6.45) is 2.29. The van der Waals surface area contributed by atoms with Crippen LogP contribution in [0, 0.1) is 0 Å². The molecule has 5 nitrogen and oxygen atoms in total. The van der Waals surface area contributed by atoms with Crippen molar-refractivity contribution in [2.75, 3.05) is 71.2 Å². The van der Waals surface area contributed by atoms with Crippen LogP contribution in [0.25, 0.3) is 0 Å². The molecule has 1 heterocycles. The van der Waals surface area contributed by atoms with E-state index in [0.717, 1.165) is 57.9 Å². The Morgan fingerprint density at radius 2 is 1.34 bits per heavy atom. The molecule has 5 heteroatoms. The first-order chi connectivity index (χ1) is 15.5. The SMILES string of the molecule is CC.CC[C@H](C)N1CCN(CC)CCN(CC)CCN(CC)C(Cc2ccc(N)cc2)C1. The second-order valence-electron chi connectivity index (χ2n) is 8.85. The highest BCUT2D eigenvalue weighted by Gasteiger charge is 2.25. The van der Waals surface area contributed by atoms with Crippen molar-refractivity contribution in [2.45, 2.75) is 73.4 Å². The van der Waals surface area contributed by atoms with Crippen molar-refractivity contribution in [3.8, 4) is 0 Å². The Labute approximate surface area is 199 Å². The Morgan fingerprint density at radius 3 is 1.84 bits per heavy atom. The van der Waals surface area contributed by atoms with Crippen molar-refractivity contribution in [3.05, 3.63) is 29.8 Å². The van der Waals surface area contributed by atoms with Crippen LogP contribution in [0.3, 0.4) is 0 Å². The van der Waals surface area contributed by atoms with Crippen LogP contribution in [0.1, 0.15) is 60.5 Å². The molecule has 1 aliphatic heterocycles. The number of hydrogen-bond acceptors (Lipinski definition) is 5. The predicted octanol–water partition coefficient (Wildman–Crippen LogP) is 4.29. The van der Waals surface area contributed by atoms with Gasteiger partial charge in [-0.1, -0.05) is 53.7 Å². The van der Waals surface area contributed by atoms with Gasteiger partial charge in [0.25, 0.3) is 0 Å². The fourth-order valence-corrected chi connectivity index (χ4v) is 4.53. The van der Waals surface area contributed by atoms with Crippen LogP contribution in [-0.4, -0.2) is 97.1 Å². The van der Waals surface area contributed by atoms with Crippen molar-refractivity contribution in [2.24, 2.45) is 0 Å². The standard InChI is InChI=1S/C25H47N5.C2H6/c1-6-22(5)30-19-17-28(8-3)15-14-27(7-2)16-18-29(9-4)25(21-30)20-23-10-12-24(26)13-11-23;1-2/h10-13,22,25H,6-9,14-21,26H2,1-5H3;1-2H3/t22-,25?;/m0./s1. The zero-order valence-electron chi connectivity index (χ0n) is 22.3. The van der Waals surface area contributed by atoms with Crippen LogP contribution in [0.5, 0.6) is 0 Å². The molecule has 1 aliphatic rings. The minimum atomic E-state index is 0.529. The lowest BCUT2D eigenvalue weighted by molar-refractivity contribution is 0.0842. The number of nitrogens with two attached hydrogens (primary N) is 1. The molecule has 0 saturated carbocycles. The molecule has 0 radical (unpaired) electrons. The second-order valence-corrected chi connectivity index (χ2v) is 8.85. The van der Waals surface area contributed by atoms with Crippen molar-refractivity contribution in [3.63, 3.8) is 0 Å². The normalized spacial score (nSPS) is 21.8. The molecule has 0 amide bonds. The molecular formula is C27H53N5. The van der Waals surface area contributed by atoms with E-state index in [0.29, 0.717) is 12.1 Å². The molecule has 2 N–H and O–H groups in total. The van der Waals surface area contributed by atoms with Gasteiger partial charge in [-0.25, -0.2) is 0 Å². The molecule has 1 aromatic carbocycles. The van der Waals surface area contributed by atoms with Gasteiger partial charge in [0.1, 0.15) is 0 Å². The van der Waals surface area contributed by atoms with Gasteiger partial charge in [0.2, 0.25) is 0 Å². The van der Waals surface area contributed by atoms with Crippen molar-refractivity contribution < 1.29 is 0 Å². The average molecular weight is 448 g/mol. The summed E-state index contributed by atoms with van der Waals surface area (Å²) >= 11 is 0. The topological polar surface area (TPSA) is 39.0 Å². The Morgan fingerprint density at radius 1 is 0.812 bits per heavy atom. The summed E-state index contributed by atoms with van der Waals surface area (Å²) in [5.74, 6) is 0. The molecule has 0 aliphatic carbocycles. The van der Waals surface area contributed by atoms with Gasteiger partial charge < -0.3 is 15.5 Å². The first-order valence-electron chi connectivity index (χ1n) is 13.3. The Kier molecular flexibility index (Phi) is 14.9. The number of anilines is 1. The minimum absolute atomic E-state index is 0.529. The van der Waals surface area contributed by atoms with E-state index < -0.39 is 0 Å². The number of rotatable bonds is 7. The van der Waals surface area contributed by atoms with Crippen LogP contribution < -0.4 is 5.73 Å². The molecule has 0 bridgehead atoms. The van der Waals surface area contributed by atoms with Crippen LogP contribution >= 0.6 is 0 Å². The van der Waals surface area contributed by atoms with Gasteiger partial charge >= 0.3 is 0 Å². The molecule has 1 fully saturated rings. The Balaban J connectivity index is 0.00000249. The first kappa shape index (κ1) is 28.9. The molecule has 0 aromatic heterocycles. The molecule has 1 unspecified atom stereocenters. The van der Waals surface area contributed by atoms with Crippen molar-refractivity contribution >= 4 is 5.69 Å². The Bertz CT molecular complexity index is 576. The first-order valence-corrected chi connectivity index (χ1v) is 13.3. The third kappa shape index (κ3) is 9.78. The van der Waals surface area contributed by atoms with E-state index in [4.69, 9.17) is 5.73 Å². The van der Waals surface area contributed by atoms with E-state index in [2.05, 4.69) is 66.4 Å². The number of hydrogen-bond donors (Lipinski definition) is 1. The van der Waals surface area contributed by atoms with E-state index in [-0.39, 0.29) is 0 Å². The zero-order valence-corrected chi connectivity index (χ0v) is 22.3. The monoisotopic (exact) mass is 447 g/mol. The molecule has 186 valence electrons. The van der Waals surface area contributed by atoms with Crippen LogP contribution in [-0.2, 0) is 6.42 Å². The maximum atomic E-state index is 5.94. The predicted molar refractivity (Wildman–Crippen MR) is 142 cm³/mol. The highest BCUT2D eigenvalue weighted by Crippen LogP contribution is 2.16. The van der Waals surface area contributed by atoms with E-state index in [1.807, 2.05) is 26.0 Å². The molecule has 1 aromatic rings. The maximum absolute atomic E-state index is 5.94. The third-order valence-corrected chi connectivity index (χ3v) is 7.07. The fourth-order valence-electron chi connectivity index (χ4n) is 4.53. The van der Waals surface area contributed by atoms with Gasteiger partial charge in [-0.3, -0.25) is 9.80 Å². The maximum Gasteiger partial charge on any atom is 0.0314 e. The fraction of sp³-hybridized carbons (Fsp3) is 0.778. The van der Waals surface area contributed by atoms with Gasteiger partial charge in [-0.15, -0.1) is 0 Å². The smallest absolute Gasteiger partial charge is 0.0314 e. The molecule has 2 rings (SSSR count). The van der Waals surface area contributed by atoms with Gasteiger partial charge in [-0.2, -0.15) is 0 Å². The van der Waals surface area contributed by atoms with Gasteiger partial charge in [0.05, 0.1) is 0 Å². The summed E-state index contributed by atoms with van der Waals surface area (Å²) in [4.78, 5) is 10.7. The van der Waals surface area contributed by atoms with E-state index >= 15 is 0 Å². The van der Waals surface area contributed by atoms with E-state index in [1.165, 1.54) is 31.6 Å². The number of nitrogen functional groups attached to an aromatic ring is 1. The average Bonchev–Trinajstić information content (AvgIpc) is 2.83. The van der Waals surface area contributed by atoms with Crippen LogP contribution in [0.2, 0.25) is 0 Å². The lowest BCUT2D eigenvalue weighted by Gasteiger charge is -2.40. The highest BCUT2D eigenvalue weighted by atomic mass is 15.3. The summed E-state index contributed by atoms with van der Waals surface area (Å²) in [6.45, 7) is 27.1. The summed E-state index contributed by atoms with van der Waals surface area (Å²) in [7, 11) is 0. The zero-order chi connectivity index (χ0) is 23.9. The summed E-state index contributed by atoms with van der Waals surface area (Å²) in [5.41, 5.74) is 8.18. The summed E-state index contributed by atoms with van der Waals surface area (Å²) < 4.78 is 0. The molecule has 2 atom stereocenters. The summed E-state index contributed by atoms with van der Waals surface area (Å²) in [6, 6.07) is 9.66.